The highest BCUT2D eigenvalue weighted by Crippen LogP contribution is 2.20. The number of rotatable bonds is 3. The first-order valence-electron chi connectivity index (χ1n) is 6.55. The first-order valence-corrected chi connectivity index (χ1v) is 7.34. The number of piperidine rings is 1. The van der Waals surface area contributed by atoms with Crippen molar-refractivity contribution in [3.8, 4) is 0 Å². The zero-order valence-electron chi connectivity index (χ0n) is 10.8. The van der Waals surface area contributed by atoms with Gasteiger partial charge < -0.3 is 10.2 Å². The van der Waals surface area contributed by atoms with Crippen LogP contribution in [0.2, 0.25) is 0 Å². The number of amides is 1. The Bertz CT molecular complexity index is 428. The molecule has 0 spiro atoms. The van der Waals surface area contributed by atoms with Gasteiger partial charge in [-0.15, -0.1) is 0 Å². The SMILES string of the molecule is Cc1ccc(NC(=O)C[NH+]2CCCCC2)cc1Br. The van der Waals surface area contributed by atoms with Gasteiger partial charge in [-0.1, -0.05) is 22.0 Å². The predicted octanol–water partition coefficient (Wildman–Crippen LogP) is 1.76. The van der Waals surface area contributed by atoms with Crippen molar-refractivity contribution in [1.82, 2.24) is 0 Å². The van der Waals surface area contributed by atoms with Crippen LogP contribution in [0.15, 0.2) is 22.7 Å². The lowest BCUT2D eigenvalue weighted by Gasteiger charge is -2.22. The molecule has 3 nitrogen and oxygen atoms in total. The second kappa shape index (κ2) is 6.34. The molecule has 1 aromatic rings. The second-order valence-electron chi connectivity index (χ2n) is 5.00. The maximum absolute atomic E-state index is 11.9. The molecule has 0 unspecified atom stereocenters. The zero-order chi connectivity index (χ0) is 13.0. The van der Waals surface area contributed by atoms with E-state index >= 15 is 0 Å². The Hall–Kier alpha value is -0.870. The van der Waals surface area contributed by atoms with Crippen molar-refractivity contribution in [2.24, 2.45) is 0 Å². The number of anilines is 1. The largest absolute Gasteiger partial charge is 0.327 e. The van der Waals surface area contributed by atoms with Crippen LogP contribution < -0.4 is 10.2 Å². The molecule has 1 aromatic carbocycles. The van der Waals surface area contributed by atoms with Crippen molar-refractivity contribution in [3.05, 3.63) is 28.2 Å². The van der Waals surface area contributed by atoms with Gasteiger partial charge in [-0.2, -0.15) is 0 Å². The summed E-state index contributed by atoms with van der Waals surface area (Å²) >= 11 is 3.48. The summed E-state index contributed by atoms with van der Waals surface area (Å²) < 4.78 is 1.03. The zero-order valence-corrected chi connectivity index (χ0v) is 12.3. The Labute approximate surface area is 117 Å². The Kier molecular flexibility index (Phi) is 4.78. The molecule has 0 aromatic heterocycles. The lowest BCUT2D eigenvalue weighted by molar-refractivity contribution is -0.896. The molecular formula is C14H20BrN2O+. The van der Waals surface area contributed by atoms with E-state index in [0.717, 1.165) is 23.2 Å². The molecule has 2 N–H and O–H groups in total. The van der Waals surface area contributed by atoms with Crippen LogP contribution in [0.25, 0.3) is 0 Å². The second-order valence-corrected chi connectivity index (χ2v) is 5.85. The number of benzene rings is 1. The van der Waals surface area contributed by atoms with Crippen LogP contribution in [-0.2, 0) is 4.79 Å². The fourth-order valence-electron chi connectivity index (χ4n) is 2.33. The molecule has 1 aliphatic heterocycles. The lowest BCUT2D eigenvalue weighted by Crippen LogP contribution is -3.13. The maximum Gasteiger partial charge on any atom is 0.279 e. The monoisotopic (exact) mass is 311 g/mol. The molecule has 2 rings (SSSR count). The molecule has 98 valence electrons. The molecule has 0 aliphatic carbocycles. The molecule has 1 aliphatic rings. The van der Waals surface area contributed by atoms with Gasteiger partial charge >= 0.3 is 0 Å². The molecule has 0 atom stereocenters. The van der Waals surface area contributed by atoms with Gasteiger partial charge in [0.05, 0.1) is 13.1 Å². The number of carbonyl (C=O) groups excluding carboxylic acids is 1. The van der Waals surface area contributed by atoms with Crippen molar-refractivity contribution in [3.63, 3.8) is 0 Å². The third kappa shape index (κ3) is 3.82. The van der Waals surface area contributed by atoms with E-state index in [0.29, 0.717) is 6.54 Å². The Morgan fingerprint density at radius 3 is 2.72 bits per heavy atom. The number of halogens is 1. The molecule has 0 bridgehead atoms. The highest BCUT2D eigenvalue weighted by atomic mass is 79.9. The Morgan fingerprint density at radius 2 is 2.06 bits per heavy atom. The van der Waals surface area contributed by atoms with Gasteiger partial charge in [0.1, 0.15) is 0 Å². The lowest BCUT2D eigenvalue weighted by atomic mass is 10.1. The number of hydrogen-bond donors (Lipinski definition) is 2. The fourth-order valence-corrected chi connectivity index (χ4v) is 2.71. The summed E-state index contributed by atoms with van der Waals surface area (Å²) in [5, 5.41) is 2.97. The van der Waals surface area contributed by atoms with Gasteiger partial charge in [0.25, 0.3) is 5.91 Å². The van der Waals surface area contributed by atoms with Crippen molar-refractivity contribution >= 4 is 27.5 Å². The quantitative estimate of drug-likeness (QED) is 0.876. The average molecular weight is 312 g/mol. The molecule has 1 amide bonds. The molecule has 1 fully saturated rings. The van der Waals surface area contributed by atoms with E-state index in [1.165, 1.54) is 29.7 Å². The predicted molar refractivity (Wildman–Crippen MR) is 76.9 cm³/mol. The van der Waals surface area contributed by atoms with Crippen LogP contribution in [-0.4, -0.2) is 25.5 Å². The fraction of sp³-hybridized carbons (Fsp3) is 0.500. The van der Waals surface area contributed by atoms with Crippen molar-refractivity contribution in [1.29, 1.82) is 0 Å². The molecule has 18 heavy (non-hydrogen) atoms. The minimum absolute atomic E-state index is 0.114. The number of quaternary nitrogens is 1. The number of hydrogen-bond acceptors (Lipinski definition) is 1. The summed E-state index contributed by atoms with van der Waals surface area (Å²) in [6.07, 6.45) is 3.81. The first-order chi connectivity index (χ1) is 8.65. The minimum atomic E-state index is 0.114. The van der Waals surface area contributed by atoms with E-state index in [1.807, 2.05) is 25.1 Å². The maximum atomic E-state index is 11.9. The Morgan fingerprint density at radius 1 is 1.33 bits per heavy atom. The van der Waals surface area contributed by atoms with Crippen LogP contribution >= 0.6 is 15.9 Å². The summed E-state index contributed by atoms with van der Waals surface area (Å²) in [7, 11) is 0. The summed E-state index contributed by atoms with van der Waals surface area (Å²) in [6.45, 7) is 4.88. The van der Waals surface area contributed by atoms with E-state index in [4.69, 9.17) is 0 Å². The van der Waals surface area contributed by atoms with Crippen molar-refractivity contribution in [2.75, 3.05) is 25.0 Å². The summed E-state index contributed by atoms with van der Waals surface area (Å²) in [5.74, 6) is 0.114. The molecule has 1 heterocycles. The topological polar surface area (TPSA) is 33.5 Å². The highest BCUT2D eigenvalue weighted by Gasteiger charge is 2.17. The van der Waals surface area contributed by atoms with E-state index < -0.39 is 0 Å². The van der Waals surface area contributed by atoms with Gasteiger partial charge in [0, 0.05) is 10.2 Å². The number of likely N-dealkylation sites (tertiary alicyclic amines) is 1. The molecule has 0 saturated carbocycles. The third-order valence-electron chi connectivity index (χ3n) is 3.43. The van der Waals surface area contributed by atoms with Crippen molar-refractivity contribution < 1.29 is 9.69 Å². The van der Waals surface area contributed by atoms with Crippen molar-refractivity contribution in [2.45, 2.75) is 26.2 Å². The van der Waals surface area contributed by atoms with Gasteiger partial charge in [-0.3, -0.25) is 4.79 Å². The number of aryl methyl sites for hydroxylation is 1. The average Bonchev–Trinajstić information content (AvgIpc) is 2.35. The first kappa shape index (κ1) is 13.6. The standard InChI is InChI=1S/C14H19BrN2O/c1-11-5-6-12(9-13(11)15)16-14(18)10-17-7-3-2-4-8-17/h5-6,9H,2-4,7-8,10H2,1H3,(H,16,18)/p+1. The number of carbonyl (C=O) groups is 1. The summed E-state index contributed by atoms with van der Waals surface area (Å²) in [6, 6.07) is 5.91. The van der Waals surface area contributed by atoms with Gasteiger partial charge in [0.15, 0.2) is 6.54 Å². The van der Waals surface area contributed by atoms with Crippen LogP contribution in [0.5, 0.6) is 0 Å². The van der Waals surface area contributed by atoms with Crippen LogP contribution in [0.4, 0.5) is 5.69 Å². The molecule has 1 saturated heterocycles. The Balaban J connectivity index is 1.88. The number of nitrogens with one attached hydrogen (secondary N) is 2. The van der Waals surface area contributed by atoms with E-state index in [1.54, 1.807) is 0 Å². The molecular weight excluding hydrogens is 292 g/mol. The van der Waals surface area contributed by atoms with Gasteiger partial charge in [0.2, 0.25) is 0 Å². The van der Waals surface area contributed by atoms with E-state index in [-0.39, 0.29) is 5.91 Å². The van der Waals surface area contributed by atoms with Gasteiger partial charge in [-0.25, -0.2) is 0 Å². The van der Waals surface area contributed by atoms with Gasteiger partial charge in [-0.05, 0) is 43.9 Å². The van der Waals surface area contributed by atoms with E-state index in [2.05, 4.69) is 21.2 Å². The normalized spacial score (nSPS) is 16.6. The highest BCUT2D eigenvalue weighted by molar-refractivity contribution is 9.10. The van der Waals surface area contributed by atoms with Crippen LogP contribution in [0, 0.1) is 6.92 Å². The smallest absolute Gasteiger partial charge is 0.279 e. The van der Waals surface area contributed by atoms with Crippen LogP contribution in [0.3, 0.4) is 0 Å². The van der Waals surface area contributed by atoms with E-state index in [9.17, 15) is 4.79 Å². The summed E-state index contributed by atoms with van der Waals surface area (Å²) in [5.41, 5.74) is 2.04. The summed E-state index contributed by atoms with van der Waals surface area (Å²) in [4.78, 5) is 13.3. The molecule has 0 radical (unpaired) electrons. The van der Waals surface area contributed by atoms with Crippen LogP contribution in [0.1, 0.15) is 24.8 Å². The minimum Gasteiger partial charge on any atom is -0.327 e. The third-order valence-corrected chi connectivity index (χ3v) is 4.28. The molecule has 4 heteroatoms.